The minimum absolute atomic E-state index is 0.140. The number of nitrogens with zero attached hydrogens (tertiary/aromatic N) is 1. The summed E-state index contributed by atoms with van der Waals surface area (Å²) < 4.78 is 5.01. The zero-order valence-corrected chi connectivity index (χ0v) is 12.6. The van der Waals surface area contributed by atoms with Crippen molar-refractivity contribution in [2.24, 2.45) is 0 Å². The van der Waals surface area contributed by atoms with Crippen molar-refractivity contribution in [2.45, 2.75) is 26.0 Å². The van der Waals surface area contributed by atoms with Crippen molar-refractivity contribution in [3.05, 3.63) is 35.4 Å². The first-order chi connectivity index (χ1) is 9.92. The van der Waals surface area contributed by atoms with Gasteiger partial charge in [0, 0.05) is 27.2 Å². The number of hydrogen-bond acceptors (Lipinski definition) is 3. The van der Waals surface area contributed by atoms with E-state index in [1.807, 2.05) is 31.2 Å². The lowest BCUT2D eigenvalue weighted by molar-refractivity contribution is -0.139. The maximum Gasteiger partial charge on any atom is 0.317 e. The number of methoxy groups -OCH3 is 1. The molecule has 1 rings (SSSR count). The van der Waals surface area contributed by atoms with Crippen LogP contribution < -0.4 is 5.32 Å². The van der Waals surface area contributed by atoms with Gasteiger partial charge in [-0.05, 0) is 12.5 Å². The fraction of sp³-hybridized carbons (Fsp3) is 0.467. The van der Waals surface area contributed by atoms with E-state index in [1.165, 1.54) is 17.6 Å². The second-order valence-electron chi connectivity index (χ2n) is 4.98. The van der Waals surface area contributed by atoms with Crippen molar-refractivity contribution in [3.63, 3.8) is 0 Å². The Morgan fingerprint density at radius 1 is 1.33 bits per heavy atom. The van der Waals surface area contributed by atoms with Crippen LogP contribution in [0.15, 0.2) is 24.3 Å². The number of hydrogen-bond donors (Lipinski definition) is 2. The molecule has 0 saturated carbocycles. The number of amides is 2. The van der Waals surface area contributed by atoms with Gasteiger partial charge in [0.15, 0.2) is 0 Å². The van der Waals surface area contributed by atoms with Crippen LogP contribution in [-0.2, 0) is 16.1 Å². The lowest BCUT2D eigenvalue weighted by atomic mass is 10.1. The van der Waals surface area contributed by atoms with Crippen LogP contribution in [0.3, 0.4) is 0 Å². The van der Waals surface area contributed by atoms with Crippen LogP contribution in [0.5, 0.6) is 0 Å². The fourth-order valence-corrected chi connectivity index (χ4v) is 1.81. The summed E-state index contributed by atoms with van der Waals surface area (Å²) in [5.74, 6) is -0.955. The van der Waals surface area contributed by atoms with Crippen LogP contribution in [0.1, 0.15) is 17.5 Å². The first-order valence-corrected chi connectivity index (χ1v) is 6.71. The summed E-state index contributed by atoms with van der Waals surface area (Å²) in [5.41, 5.74) is 2.20. The van der Waals surface area contributed by atoms with E-state index < -0.39 is 12.1 Å². The second kappa shape index (κ2) is 8.26. The molecular weight excluding hydrogens is 272 g/mol. The van der Waals surface area contributed by atoms with Crippen LogP contribution in [0.25, 0.3) is 0 Å². The second-order valence-corrected chi connectivity index (χ2v) is 4.98. The van der Waals surface area contributed by atoms with Crippen molar-refractivity contribution in [3.8, 4) is 0 Å². The highest BCUT2D eigenvalue weighted by atomic mass is 16.5. The molecule has 1 unspecified atom stereocenters. The number of ether oxygens (including phenoxy) is 1. The zero-order valence-electron chi connectivity index (χ0n) is 12.6. The van der Waals surface area contributed by atoms with E-state index in [1.54, 1.807) is 7.05 Å². The van der Waals surface area contributed by atoms with Crippen molar-refractivity contribution < 1.29 is 19.4 Å². The van der Waals surface area contributed by atoms with Crippen molar-refractivity contribution in [2.75, 3.05) is 20.7 Å². The Kier molecular flexibility index (Phi) is 6.68. The molecule has 1 aromatic rings. The fourth-order valence-electron chi connectivity index (χ4n) is 1.81. The molecule has 0 spiro atoms. The number of carboxylic acids is 1. The van der Waals surface area contributed by atoms with Gasteiger partial charge in [-0.25, -0.2) is 4.79 Å². The number of aryl methyl sites for hydroxylation is 1. The normalized spacial score (nSPS) is 11.8. The first kappa shape index (κ1) is 17.0. The van der Waals surface area contributed by atoms with Crippen LogP contribution in [0.2, 0.25) is 0 Å². The number of nitrogens with one attached hydrogen (secondary N) is 1. The van der Waals surface area contributed by atoms with E-state index in [4.69, 9.17) is 9.84 Å². The van der Waals surface area contributed by atoms with E-state index in [9.17, 15) is 9.59 Å². The molecule has 0 bridgehead atoms. The van der Waals surface area contributed by atoms with Crippen molar-refractivity contribution >= 4 is 12.0 Å². The third kappa shape index (κ3) is 6.27. The van der Waals surface area contributed by atoms with Crippen LogP contribution >= 0.6 is 0 Å². The average Bonchev–Trinajstić information content (AvgIpc) is 2.45. The lowest BCUT2D eigenvalue weighted by Crippen LogP contribution is -2.41. The topological polar surface area (TPSA) is 78.9 Å². The van der Waals surface area contributed by atoms with Gasteiger partial charge in [0.25, 0.3) is 0 Å². The molecule has 0 radical (unpaired) electrons. The molecule has 0 aliphatic heterocycles. The molecule has 6 nitrogen and oxygen atoms in total. The minimum atomic E-state index is -0.955. The number of rotatable bonds is 7. The van der Waals surface area contributed by atoms with E-state index in [0.717, 1.165) is 5.56 Å². The van der Waals surface area contributed by atoms with Gasteiger partial charge in [-0.1, -0.05) is 29.8 Å². The largest absolute Gasteiger partial charge is 0.481 e. The highest BCUT2D eigenvalue weighted by Crippen LogP contribution is 2.06. The summed E-state index contributed by atoms with van der Waals surface area (Å²) >= 11 is 0. The van der Waals surface area contributed by atoms with Gasteiger partial charge in [-0.3, -0.25) is 4.79 Å². The van der Waals surface area contributed by atoms with E-state index in [0.29, 0.717) is 6.54 Å². The number of carboxylic acid groups (broad SMARTS) is 1. The SMILES string of the molecule is COC(CNC(=O)N(C)Cc1ccc(C)cc1)CC(=O)O. The highest BCUT2D eigenvalue weighted by Gasteiger charge is 2.15. The summed E-state index contributed by atoms with van der Waals surface area (Å²) in [6, 6.07) is 7.68. The summed E-state index contributed by atoms with van der Waals surface area (Å²) in [6.45, 7) is 2.66. The molecule has 2 amide bonds. The van der Waals surface area contributed by atoms with Gasteiger partial charge in [0.05, 0.1) is 12.5 Å². The minimum Gasteiger partial charge on any atom is -0.481 e. The van der Waals surface area contributed by atoms with Gasteiger partial charge in [-0.15, -0.1) is 0 Å². The molecule has 6 heteroatoms. The molecule has 0 aromatic heterocycles. The van der Waals surface area contributed by atoms with Gasteiger partial charge < -0.3 is 20.1 Å². The smallest absolute Gasteiger partial charge is 0.317 e. The summed E-state index contributed by atoms with van der Waals surface area (Å²) in [5, 5.41) is 11.4. The predicted octanol–water partition coefficient (Wildman–Crippen LogP) is 1.63. The zero-order chi connectivity index (χ0) is 15.8. The standard InChI is InChI=1S/C15H22N2O4/c1-11-4-6-12(7-5-11)10-17(2)15(20)16-9-13(21-3)8-14(18)19/h4-7,13H,8-10H2,1-3H3,(H,16,20)(H,18,19). The van der Waals surface area contributed by atoms with Crippen LogP contribution in [0.4, 0.5) is 4.79 Å². The van der Waals surface area contributed by atoms with E-state index in [-0.39, 0.29) is 19.0 Å². The van der Waals surface area contributed by atoms with Crippen LogP contribution in [0, 0.1) is 6.92 Å². The van der Waals surface area contributed by atoms with E-state index >= 15 is 0 Å². The van der Waals surface area contributed by atoms with Gasteiger partial charge in [0.1, 0.15) is 0 Å². The Morgan fingerprint density at radius 2 is 1.95 bits per heavy atom. The Balaban J connectivity index is 2.43. The van der Waals surface area contributed by atoms with E-state index in [2.05, 4.69) is 5.32 Å². The first-order valence-electron chi connectivity index (χ1n) is 6.71. The highest BCUT2D eigenvalue weighted by molar-refractivity contribution is 5.74. The van der Waals surface area contributed by atoms with Crippen molar-refractivity contribution in [1.29, 1.82) is 0 Å². The molecule has 0 fully saturated rings. The number of carbonyl (C=O) groups excluding carboxylic acids is 1. The van der Waals surface area contributed by atoms with Gasteiger partial charge in [-0.2, -0.15) is 0 Å². The predicted molar refractivity (Wildman–Crippen MR) is 79.1 cm³/mol. The molecule has 2 N–H and O–H groups in total. The summed E-state index contributed by atoms with van der Waals surface area (Å²) in [7, 11) is 3.12. The van der Waals surface area contributed by atoms with Crippen LogP contribution in [-0.4, -0.2) is 48.8 Å². The maximum atomic E-state index is 11.9. The number of carbonyl (C=O) groups is 2. The maximum absolute atomic E-state index is 11.9. The molecule has 21 heavy (non-hydrogen) atoms. The monoisotopic (exact) mass is 294 g/mol. The molecule has 0 aliphatic rings. The molecule has 0 aliphatic carbocycles. The lowest BCUT2D eigenvalue weighted by Gasteiger charge is -2.20. The number of aliphatic carboxylic acids is 1. The van der Waals surface area contributed by atoms with Gasteiger partial charge in [0.2, 0.25) is 0 Å². The molecule has 0 saturated heterocycles. The average molecular weight is 294 g/mol. The Bertz CT molecular complexity index is 473. The Hall–Kier alpha value is -2.08. The third-order valence-electron chi connectivity index (χ3n) is 3.10. The summed E-state index contributed by atoms with van der Waals surface area (Å²) in [4.78, 5) is 24.1. The molecule has 1 aromatic carbocycles. The summed E-state index contributed by atoms with van der Waals surface area (Å²) in [6.07, 6.45) is -0.669. The molecule has 0 heterocycles. The molecular formula is C15H22N2O4. The quantitative estimate of drug-likeness (QED) is 0.801. The molecule has 116 valence electrons. The van der Waals surface area contributed by atoms with Crippen molar-refractivity contribution in [1.82, 2.24) is 10.2 Å². The Labute approximate surface area is 124 Å². The number of benzene rings is 1. The van der Waals surface area contributed by atoms with Gasteiger partial charge >= 0.3 is 12.0 Å². The number of urea groups is 1. The Morgan fingerprint density at radius 3 is 2.48 bits per heavy atom. The molecule has 1 atom stereocenters. The third-order valence-corrected chi connectivity index (χ3v) is 3.10.